The first-order valence-electron chi connectivity index (χ1n) is 5.65. The number of rotatable bonds is 5. The van der Waals surface area contributed by atoms with E-state index in [1.807, 2.05) is 32.3 Å². The van der Waals surface area contributed by atoms with Crippen molar-refractivity contribution >= 4 is 11.6 Å². The zero-order valence-corrected chi connectivity index (χ0v) is 11.7. The quantitative estimate of drug-likeness (QED) is 0.880. The van der Waals surface area contributed by atoms with Gasteiger partial charge in [0.1, 0.15) is 12.4 Å². The minimum absolute atomic E-state index is 0.0149. The maximum Gasteiger partial charge on any atom is 0.120 e. The largest absolute Gasteiger partial charge is 0.492 e. The van der Waals surface area contributed by atoms with Crippen LogP contribution in [0.3, 0.4) is 0 Å². The minimum Gasteiger partial charge on any atom is -0.492 e. The zero-order valence-electron chi connectivity index (χ0n) is 11.0. The van der Waals surface area contributed by atoms with Gasteiger partial charge in [0.05, 0.1) is 0 Å². The molecule has 17 heavy (non-hydrogen) atoms. The highest BCUT2D eigenvalue weighted by molar-refractivity contribution is 6.31. The van der Waals surface area contributed by atoms with Gasteiger partial charge in [-0.3, -0.25) is 0 Å². The Balaban J connectivity index is 2.67. The molecule has 0 aliphatic carbocycles. The number of halogens is 1. The Morgan fingerprint density at radius 3 is 2.47 bits per heavy atom. The molecule has 1 rings (SSSR count). The first-order chi connectivity index (χ1) is 7.86. The maximum absolute atomic E-state index is 6.07. The van der Waals surface area contributed by atoms with Crippen LogP contribution in [-0.2, 0) is 6.54 Å². The summed E-state index contributed by atoms with van der Waals surface area (Å²) >= 11 is 6.07. The summed E-state index contributed by atoms with van der Waals surface area (Å²) in [4.78, 5) is 2.13. The molecule has 0 aromatic heterocycles. The van der Waals surface area contributed by atoms with E-state index >= 15 is 0 Å². The summed E-state index contributed by atoms with van der Waals surface area (Å²) in [5.41, 5.74) is 6.47. The van der Waals surface area contributed by atoms with Crippen LogP contribution in [0, 0.1) is 0 Å². The van der Waals surface area contributed by atoms with Gasteiger partial charge in [0, 0.05) is 17.1 Å². The molecule has 4 heteroatoms. The van der Waals surface area contributed by atoms with E-state index in [0.29, 0.717) is 18.2 Å². The Kier molecular flexibility index (Phi) is 4.80. The molecule has 0 radical (unpaired) electrons. The molecule has 0 saturated carbocycles. The van der Waals surface area contributed by atoms with Crippen molar-refractivity contribution < 1.29 is 4.74 Å². The second kappa shape index (κ2) is 5.71. The monoisotopic (exact) mass is 256 g/mol. The third-order valence-electron chi connectivity index (χ3n) is 3.05. The Morgan fingerprint density at radius 1 is 1.35 bits per heavy atom. The predicted molar refractivity (Wildman–Crippen MR) is 72.6 cm³/mol. The van der Waals surface area contributed by atoms with E-state index in [0.717, 1.165) is 11.3 Å². The van der Waals surface area contributed by atoms with Crippen molar-refractivity contribution in [2.45, 2.75) is 25.9 Å². The average molecular weight is 257 g/mol. The fourth-order valence-corrected chi connectivity index (χ4v) is 1.42. The van der Waals surface area contributed by atoms with Gasteiger partial charge in [0.15, 0.2) is 0 Å². The second-order valence-corrected chi connectivity index (χ2v) is 5.36. The van der Waals surface area contributed by atoms with E-state index in [9.17, 15) is 0 Å². The number of hydrogen-bond acceptors (Lipinski definition) is 3. The lowest BCUT2D eigenvalue weighted by Crippen LogP contribution is -2.43. The van der Waals surface area contributed by atoms with Crippen LogP contribution in [0.1, 0.15) is 19.4 Å². The first kappa shape index (κ1) is 14.3. The lowest BCUT2D eigenvalue weighted by atomic mass is 10.1. The number of benzene rings is 1. The molecule has 1 aromatic rings. The normalized spacial score (nSPS) is 11.9. The van der Waals surface area contributed by atoms with E-state index in [-0.39, 0.29) is 5.54 Å². The lowest BCUT2D eigenvalue weighted by Gasteiger charge is -2.32. The molecule has 96 valence electrons. The molecule has 1 aromatic carbocycles. The van der Waals surface area contributed by atoms with E-state index in [1.165, 1.54) is 0 Å². The van der Waals surface area contributed by atoms with Crippen molar-refractivity contribution in [3.05, 3.63) is 28.8 Å². The van der Waals surface area contributed by atoms with Crippen LogP contribution in [0.15, 0.2) is 18.2 Å². The topological polar surface area (TPSA) is 38.5 Å². The molecule has 0 unspecified atom stereocenters. The summed E-state index contributed by atoms with van der Waals surface area (Å²) in [5.74, 6) is 0.780. The second-order valence-electron chi connectivity index (χ2n) is 4.95. The van der Waals surface area contributed by atoms with Gasteiger partial charge < -0.3 is 15.4 Å². The van der Waals surface area contributed by atoms with Crippen molar-refractivity contribution in [3.63, 3.8) is 0 Å². The van der Waals surface area contributed by atoms with E-state index < -0.39 is 0 Å². The third-order valence-corrected chi connectivity index (χ3v) is 3.40. The molecule has 0 fully saturated rings. The molecular formula is C13H21ClN2O. The van der Waals surface area contributed by atoms with Gasteiger partial charge in [0.25, 0.3) is 0 Å². The fourth-order valence-electron chi connectivity index (χ4n) is 1.17. The SMILES string of the molecule is CN(C)C(C)(C)COc1ccc(CN)c(Cl)c1. The highest BCUT2D eigenvalue weighted by Crippen LogP contribution is 2.23. The first-order valence-corrected chi connectivity index (χ1v) is 6.03. The minimum atomic E-state index is -0.0149. The van der Waals surface area contributed by atoms with Gasteiger partial charge in [-0.2, -0.15) is 0 Å². The van der Waals surface area contributed by atoms with Crippen molar-refractivity contribution in [3.8, 4) is 5.75 Å². The van der Waals surface area contributed by atoms with Gasteiger partial charge in [-0.15, -0.1) is 0 Å². The van der Waals surface area contributed by atoms with Crippen LogP contribution in [0.25, 0.3) is 0 Å². The van der Waals surface area contributed by atoms with Crippen LogP contribution in [0.2, 0.25) is 5.02 Å². The van der Waals surface area contributed by atoms with Crippen LogP contribution < -0.4 is 10.5 Å². The molecule has 0 heterocycles. The number of nitrogens with two attached hydrogens (primary N) is 1. The smallest absolute Gasteiger partial charge is 0.120 e. The highest BCUT2D eigenvalue weighted by atomic mass is 35.5. The van der Waals surface area contributed by atoms with Crippen LogP contribution >= 0.6 is 11.6 Å². The summed E-state index contributed by atoms with van der Waals surface area (Å²) in [6, 6.07) is 5.62. The van der Waals surface area contributed by atoms with Gasteiger partial charge in [-0.05, 0) is 45.6 Å². The van der Waals surface area contributed by atoms with Crippen LogP contribution in [0.5, 0.6) is 5.75 Å². The summed E-state index contributed by atoms with van der Waals surface area (Å²) < 4.78 is 5.75. The van der Waals surface area contributed by atoms with Gasteiger partial charge >= 0.3 is 0 Å². The molecule has 0 spiro atoms. The van der Waals surface area contributed by atoms with Crippen molar-refractivity contribution in [1.82, 2.24) is 4.90 Å². The molecule has 0 aliphatic heterocycles. The van der Waals surface area contributed by atoms with Gasteiger partial charge in [0.2, 0.25) is 0 Å². The number of likely N-dealkylation sites (N-methyl/N-ethyl adjacent to an activating group) is 1. The number of hydrogen-bond donors (Lipinski definition) is 1. The molecule has 0 aliphatic rings. The van der Waals surface area contributed by atoms with Crippen molar-refractivity contribution in [2.75, 3.05) is 20.7 Å². The molecule has 3 nitrogen and oxygen atoms in total. The zero-order chi connectivity index (χ0) is 13.1. The Labute approximate surface area is 109 Å². The van der Waals surface area contributed by atoms with E-state index in [2.05, 4.69) is 18.7 Å². The van der Waals surface area contributed by atoms with E-state index in [1.54, 1.807) is 0 Å². The Morgan fingerprint density at radius 2 is 2.00 bits per heavy atom. The fraction of sp³-hybridized carbons (Fsp3) is 0.538. The molecule has 2 N–H and O–H groups in total. The molecule has 0 saturated heterocycles. The predicted octanol–water partition coefficient (Wildman–Crippen LogP) is 2.52. The summed E-state index contributed by atoms with van der Waals surface area (Å²) in [7, 11) is 4.07. The lowest BCUT2D eigenvalue weighted by molar-refractivity contribution is 0.114. The number of nitrogens with zero attached hydrogens (tertiary/aromatic N) is 1. The Bertz CT molecular complexity index is 378. The number of ether oxygens (including phenoxy) is 1. The summed E-state index contributed by atoms with van der Waals surface area (Å²) in [5, 5.41) is 0.660. The standard InChI is InChI=1S/C13H21ClN2O/c1-13(2,16(3)4)9-17-11-6-5-10(8-15)12(14)7-11/h5-7H,8-9,15H2,1-4H3. The highest BCUT2D eigenvalue weighted by Gasteiger charge is 2.21. The van der Waals surface area contributed by atoms with Gasteiger partial charge in [-0.1, -0.05) is 17.7 Å². The summed E-state index contributed by atoms with van der Waals surface area (Å²) in [6.07, 6.45) is 0. The van der Waals surface area contributed by atoms with Crippen LogP contribution in [0.4, 0.5) is 0 Å². The Hall–Kier alpha value is -0.770. The van der Waals surface area contributed by atoms with Gasteiger partial charge in [-0.25, -0.2) is 0 Å². The molecule has 0 atom stereocenters. The van der Waals surface area contributed by atoms with E-state index in [4.69, 9.17) is 22.1 Å². The van der Waals surface area contributed by atoms with Crippen molar-refractivity contribution in [1.29, 1.82) is 0 Å². The summed E-state index contributed by atoms with van der Waals surface area (Å²) in [6.45, 7) is 5.31. The van der Waals surface area contributed by atoms with Crippen LogP contribution in [-0.4, -0.2) is 31.1 Å². The molecule has 0 amide bonds. The average Bonchev–Trinajstić information content (AvgIpc) is 2.26. The molecule has 0 bridgehead atoms. The maximum atomic E-state index is 6.07. The van der Waals surface area contributed by atoms with Crippen molar-refractivity contribution in [2.24, 2.45) is 5.73 Å². The third kappa shape index (κ3) is 3.87. The molecular weight excluding hydrogens is 236 g/mol.